The van der Waals surface area contributed by atoms with Gasteiger partial charge in [-0.2, -0.15) is 0 Å². The Morgan fingerprint density at radius 2 is 2.17 bits per heavy atom. The zero-order chi connectivity index (χ0) is 17.7. The Morgan fingerprint density at radius 3 is 2.79 bits per heavy atom. The van der Waals surface area contributed by atoms with E-state index < -0.39 is 0 Å². The molecule has 0 radical (unpaired) electrons. The van der Waals surface area contributed by atoms with Crippen molar-refractivity contribution in [1.29, 1.82) is 0 Å². The van der Waals surface area contributed by atoms with Gasteiger partial charge in [0.1, 0.15) is 4.83 Å². The number of nitrogens with one attached hydrogen (secondary N) is 1. The number of thiophene rings is 1. The Labute approximate surface area is 150 Å². The number of rotatable bonds is 8. The quantitative estimate of drug-likeness (QED) is 0.573. The lowest BCUT2D eigenvalue weighted by molar-refractivity contribution is -0.119. The van der Waals surface area contributed by atoms with Gasteiger partial charge in [-0.15, -0.1) is 11.3 Å². The first kappa shape index (κ1) is 19.0. The molecule has 2 aromatic rings. The molecule has 2 heterocycles. The van der Waals surface area contributed by atoms with Crippen molar-refractivity contribution in [2.24, 2.45) is 0 Å². The van der Waals surface area contributed by atoms with Crippen LogP contribution >= 0.6 is 23.1 Å². The Hall–Kier alpha value is -1.34. The van der Waals surface area contributed by atoms with Crippen LogP contribution in [0.3, 0.4) is 0 Å². The van der Waals surface area contributed by atoms with Gasteiger partial charge in [-0.05, 0) is 32.3 Å². The van der Waals surface area contributed by atoms with Crippen molar-refractivity contribution < 1.29 is 4.79 Å². The summed E-state index contributed by atoms with van der Waals surface area (Å²) in [6, 6.07) is 2.11. The Morgan fingerprint density at radius 1 is 1.42 bits per heavy atom. The van der Waals surface area contributed by atoms with E-state index in [1.807, 2.05) is 26.8 Å². The number of thioether (sulfide) groups is 1. The van der Waals surface area contributed by atoms with Crippen LogP contribution in [-0.2, 0) is 17.8 Å². The third-order valence-electron chi connectivity index (χ3n) is 3.81. The molecule has 7 heteroatoms. The van der Waals surface area contributed by atoms with Crippen LogP contribution in [-0.4, -0.2) is 27.3 Å². The molecule has 1 amide bonds. The molecule has 0 unspecified atom stereocenters. The Kier molecular flexibility index (Phi) is 6.86. The van der Waals surface area contributed by atoms with Crippen molar-refractivity contribution in [1.82, 2.24) is 14.9 Å². The molecule has 0 spiro atoms. The minimum absolute atomic E-state index is 0.00244. The highest BCUT2D eigenvalue weighted by Crippen LogP contribution is 2.25. The van der Waals surface area contributed by atoms with Gasteiger partial charge in [0.15, 0.2) is 5.16 Å². The lowest BCUT2D eigenvalue weighted by atomic mass is 10.3. The molecule has 0 aliphatic carbocycles. The van der Waals surface area contributed by atoms with Crippen LogP contribution in [0.15, 0.2) is 16.0 Å². The molecule has 1 atom stereocenters. The normalized spacial score (nSPS) is 12.5. The summed E-state index contributed by atoms with van der Waals surface area (Å²) in [6.45, 7) is 8.75. The van der Waals surface area contributed by atoms with E-state index in [9.17, 15) is 9.59 Å². The van der Waals surface area contributed by atoms with Crippen LogP contribution in [0.2, 0.25) is 0 Å². The second-order valence-electron chi connectivity index (χ2n) is 5.80. The summed E-state index contributed by atoms with van der Waals surface area (Å²) in [4.78, 5) is 31.4. The van der Waals surface area contributed by atoms with Crippen molar-refractivity contribution in [2.45, 2.75) is 64.7 Å². The molecule has 0 fully saturated rings. The van der Waals surface area contributed by atoms with E-state index in [-0.39, 0.29) is 23.3 Å². The van der Waals surface area contributed by atoms with Gasteiger partial charge in [0, 0.05) is 17.5 Å². The monoisotopic (exact) mass is 367 g/mol. The highest BCUT2D eigenvalue weighted by Gasteiger charge is 2.15. The standard InChI is InChI=1S/C17H25N3O2S2/c1-5-8-20-16(22)13-9-12(7-3)24-15(13)19-17(20)23-10-14(21)18-11(4)6-2/h9,11H,5-8,10H2,1-4H3,(H,18,21)/t11-/m0/s1. The van der Waals surface area contributed by atoms with Gasteiger partial charge in [-0.1, -0.05) is 32.5 Å². The summed E-state index contributed by atoms with van der Waals surface area (Å²) < 4.78 is 1.70. The predicted molar refractivity (Wildman–Crippen MR) is 102 cm³/mol. The van der Waals surface area contributed by atoms with E-state index in [0.29, 0.717) is 17.1 Å². The second-order valence-corrected chi connectivity index (χ2v) is 7.86. The number of amides is 1. The van der Waals surface area contributed by atoms with E-state index in [2.05, 4.69) is 17.2 Å². The van der Waals surface area contributed by atoms with E-state index in [4.69, 9.17) is 0 Å². The minimum Gasteiger partial charge on any atom is -0.353 e. The highest BCUT2D eigenvalue weighted by atomic mass is 32.2. The Bertz CT molecular complexity index is 767. The molecule has 0 aliphatic rings. The average molecular weight is 368 g/mol. The molecule has 1 N–H and O–H groups in total. The first-order valence-electron chi connectivity index (χ1n) is 8.45. The number of nitrogens with zero attached hydrogens (tertiary/aromatic N) is 2. The van der Waals surface area contributed by atoms with Gasteiger partial charge in [0.05, 0.1) is 11.1 Å². The average Bonchev–Trinajstić information content (AvgIpc) is 2.99. The fraction of sp³-hybridized carbons (Fsp3) is 0.588. The summed E-state index contributed by atoms with van der Waals surface area (Å²) in [6.07, 6.45) is 2.65. The molecule has 0 aliphatic heterocycles. The fourth-order valence-corrected chi connectivity index (χ4v) is 4.15. The smallest absolute Gasteiger partial charge is 0.262 e. The molecular weight excluding hydrogens is 342 g/mol. The summed E-state index contributed by atoms with van der Waals surface area (Å²) in [5, 5.41) is 4.27. The molecule has 0 saturated carbocycles. The SMILES string of the molecule is CCCn1c(SCC(=O)N[C@@H](C)CC)nc2sc(CC)cc2c1=O. The van der Waals surface area contributed by atoms with Crippen molar-refractivity contribution in [3.63, 3.8) is 0 Å². The van der Waals surface area contributed by atoms with E-state index >= 15 is 0 Å². The molecule has 0 aromatic carbocycles. The highest BCUT2D eigenvalue weighted by molar-refractivity contribution is 7.99. The van der Waals surface area contributed by atoms with E-state index in [1.165, 1.54) is 11.8 Å². The lowest BCUT2D eigenvalue weighted by Crippen LogP contribution is -2.33. The summed E-state index contributed by atoms with van der Waals surface area (Å²) in [5.74, 6) is 0.255. The maximum atomic E-state index is 12.8. The third kappa shape index (κ3) is 4.39. The van der Waals surface area contributed by atoms with Gasteiger partial charge in [0.2, 0.25) is 5.91 Å². The zero-order valence-electron chi connectivity index (χ0n) is 14.7. The van der Waals surface area contributed by atoms with Crippen LogP contribution < -0.4 is 10.9 Å². The van der Waals surface area contributed by atoms with Crippen LogP contribution in [0.4, 0.5) is 0 Å². The molecule has 24 heavy (non-hydrogen) atoms. The van der Waals surface area contributed by atoms with Gasteiger partial charge >= 0.3 is 0 Å². The zero-order valence-corrected chi connectivity index (χ0v) is 16.4. The summed E-state index contributed by atoms with van der Waals surface area (Å²) in [5.41, 5.74) is 0.00244. The molecule has 2 aromatic heterocycles. The topological polar surface area (TPSA) is 64.0 Å². The van der Waals surface area contributed by atoms with Crippen molar-refractivity contribution in [2.75, 3.05) is 5.75 Å². The molecule has 132 valence electrons. The number of aromatic nitrogens is 2. The van der Waals surface area contributed by atoms with Crippen LogP contribution in [0, 0.1) is 0 Å². The van der Waals surface area contributed by atoms with Crippen LogP contribution in [0.5, 0.6) is 0 Å². The predicted octanol–water partition coefficient (Wildman–Crippen LogP) is 3.44. The van der Waals surface area contributed by atoms with E-state index in [0.717, 1.165) is 29.0 Å². The number of carbonyl (C=O) groups is 1. The molecular formula is C17H25N3O2S2. The third-order valence-corrected chi connectivity index (χ3v) is 5.96. The molecule has 2 rings (SSSR count). The van der Waals surface area contributed by atoms with Crippen LogP contribution in [0.25, 0.3) is 10.2 Å². The Balaban J connectivity index is 2.28. The van der Waals surface area contributed by atoms with Gasteiger partial charge in [-0.25, -0.2) is 4.98 Å². The molecule has 0 saturated heterocycles. The summed E-state index contributed by atoms with van der Waals surface area (Å²) >= 11 is 2.90. The maximum absolute atomic E-state index is 12.8. The van der Waals surface area contributed by atoms with Crippen molar-refractivity contribution >= 4 is 39.2 Å². The lowest BCUT2D eigenvalue weighted by Gasteiger charge is -2.13. The summed E-state index contributed by atoms with van der Waals surface area (Å²) in [7, 11) is 0. The van der Waals surface area contributed by atoms with Crippen LogP contribution in [0.1, 0.15) is 45.4 Å². The minimum atomic E-state index is -0.0211. The number of carbonyl (C=O) groups excluding carboxylic acids is 1. The molecule has 0 bridgehead atoms. The first-order valence-corrected chi connectivity index (χ1v) is 10.3. The van der Waals surface area contributed by atoms with Crippen molar-refractivity contribution in [3.05, 3.63) is 21.3 Å². The fourth-order valence-electron chi connectivity index (χ4n) is 2.30. The number of hydrogen-bond acceptors (Lipinski definition) is 5. The van der Waals surface area contributed by atoms with Gasteiger partial charge < -0.3 is 5.32 Å². The number of hydrogen-bond donors (Lipinski definition) is 1. The first-order chi connectivity index (χ1) is 11.5. The number of aryl methyl sites for hydroxylation is 1. The second kappa shape index (κ2) is 8.67. The van der Waals surface area contributed by atoms with Gasteiger partial charge in [-0.3, -0.25) is 14.2 Å². The largest absolute Gasteiger partial charge is 0.353 e. The van der Waals surface area contributed by atoms with Gasteiger partial charge in [0.25, 0.3) is 5.56 Å². The van der Waals surface area contributed by atoms with Crippen molar-refractivity contribution in [3.8, 4) is 0 Å². The molecule has 5 nitrogen and oxygen atoms in total. The maximum Gasteiger partial charge on any atom is 0.262 e. The van der Waals surface area contributed by atoms with E-state index in [1.54, 1.807) is 15.9 Å². The number of fused-ring (bicyclic) bond motifs is 1.